The fraction of sp³-hybridized carbons (Fsp3) is 0.0625. The molecule has 0 fully saturated rings. The zero-order valence-corrected chi connectivity index (χ0v) is 12.3. The van der Waals surface area contributed by atoms with Crippen LogP contribution in [-0.2, 0) is 6.54 Å². The van der Waals surface area contributed by atoms with Crippen molar-refractivity contribution < 1.29 is 4.79 Å². The molecule has 0 spiro atoms. The largest absolute Gasteiger partial charge is 0.366 e. The second-order valence-electron chi connectivity index (χ2n) is 4.68. The van der Waals surface area contributed by atoms with Crippen molar-refractivity contribution >= 4 is 32.7 Å². The lowest BCUT2D eigenvalue weighted by Crippen LogP contribution is -2.10. The molecule has 0 aliphatic rings. The topological polar surface area (TPSA) is 48.0 Å². The summed E-state index contributed by atoms with van der Waals surface area (Å²) in [6, 6.07) is 15.9. The second-order valence-corrected chi connectivity index (χ2v) is 5.59. The molecule has 2 aromatic carbocycles. The van der Waals surface area contributed by atoms with Gasteiger partial charge in [-0.2, -0.15) is 0 Å². The molecule has 1 aromatic heterocycles. The van der Waals surface area contributed by atoms with Crippen LogP contribution in [0, 0.1) is 0 Å². The Morgan fingerprint density at radius 2 is 1.80 bits per heavy atom. The van der Waals surface area contributed by atoms with Gasteiger partial charge in [0.1, 0.15) is 0 Å². The molecule has 3 aromatic rings. The first-order valence-corrected chi connectivity index (χ1v) is 7.06. The van der Waals surface area contributed by atoms with Gasteiger partial charge in [0, 0.05) is 28.1 Å². The Morgan fingerprint density at radius 3 is 2.50 bits per heavy atom. The van der Waals surface area contributed by atoms with Crippen molar-refractivity contribution in [1.29, 1.82) is 0 Å². The lowest BCUT2D eigenvalue weighted by atomic mass is 10.2. The number of aromatic nitrogens is 1. The third-order valence-electron chi connectivity index (χ3n) is 3.32. The molecule has 3 rings (SSSR count). The summed E-state index contributed by atoms with van der Waals surface area (Å²) in [5, 5.41) is 0.900. The standard InChI is InChI=1S/C16H13BrN2O/c17-12-7-5-11(6-8-12)9-19-10-14(16(18)20)13-3-1-2-4-15(13)19/h1-8,10H,9H2,(H2,18,20). The maximum Gasteiger partial charge on any atom is 0.250 e. The number of hydrogen-bond donors (Lipinski definition) is 1. The molecule has 0 bridgehead atoms. The zero-order valence-electron chi connectivity index (χ0n) is 10.7. The van der Waals surface area contributed by atoms with E-state index in [1.54, 1.807) is 0 Å². The lowest BCUT2D eigenvalue weighted by molar-refractivity contribution is 0.100. The highest BCUT2D eigenvalue weighted by atomic mass is 79.9. The van der Waals surface area contributed by atoms with Crippen LogP contribution in [0.1, 0.15) is 15.9 Å². The highest BCUT2D eigenvalue weighted by Gasteiger charge is 2.12. The molecule has 0 unspecified atom stereocenters. The van der Waals surface area contributed by atoms with Gasteiger partial charge in [-0.1, -0.05) is 46.3 Å². The SMILES string of the molecule is NC(=O)c1cn(Cc2ccc(Br)cc2)c2ccccc12. The summed E-state index contributed by atoms with van der Waals surface area (Å²) in [6.45, 7) is 0.709. The second kappa shape index (κ2) is 5.13. The van der Waals surface area contributed by atoms with Crippen molar-refractivity contribution in [2.24, 2.45) is 5.73 Å². The van der Waals surface area contributed by atoms with Gasteiger partial charge in [0.15, 0.2) is 0 Å². The first-order valence-electron chi connectivity index (χ1n) is 6.27. The van der Waals surface area contributed by atoms with Gasteiger partial charge in [-0.15, -0.1) is 0 Å². The summed E-state index contributed by atoms with van der Waals surface area (Å²) < 4.78 is 3.11. The van der Waals surface area contributed by atoms with Gasteiger partial charge in [-0.25, -0.2) is 0 Å². The fourth-order valence-electron chi connectivity index (χ4n) is 2.36. The Balaban J connectivity index is 2.07. The molecule has 4 heteroatoms. The molecule has 1 heterocycles. The summed E-state index contributed by atoms with van der Waals surface area (Å²) in [4.78, 5) is 11.5. The molecule has 0 aliphatic heterocycles. The third-order valence-corrected chi connectivity index (χ3v) is 3.85. The van der Waals surface area contributed by atoms with Crippen LogP contribution in [0.5, 0.6) is 0 Å². The Labute approximate surface area is 125 Å². The molecule has 3 nitrogen and oxygen atoms in total. The molecule has 100 valence electrons. The zero-order chi connectivity index (χ0) is 14.1. The highest BCUT2D eigenvalue weighted by Crippen LogP contribution is 2.22. The van der Waals surface area contributed by atoms with Crippen LogP contribution >= 0.6 is 15.9 Å². The van der Waals surface area contributed by atoms with Crippen LogP contribution in [0.25, 0.3) is 10.9 Å². The molecule has 20 heavy (non-hydrogen) atoms. The van der Waals surface area contributed by atoms with Crippen LogP contribution in [0.2, 0.25) is 0 Å². The van der Waals surface area contributed by atoms with Crippen LogP contribution in [0.4, 0.5) is 0 Å². The van der Waals surface area contributed by atoms with Gasteiger partial charge >= 0.3 is 0 Å². The minimum absolute atomic E-state index is 0.393. The van der Waals surface area contributed by atoms with Gasteiger partial charge in [0.05, 0.1) is 5.56 Å². The van der Waals surface area contributed by atoms with Crippen LogP contribution in [-0.4, -0.2) is 10.5 Å². The Bertz CT molecular complexity index is 775. The van der Waals surface area contributed by atoms with Crippen molar-refractivity contribution in [3.05, 3.63) is 70.3 Å². The Kier molecular flexibility index (Phi) is 3.32. The summed E-state index contributed by atoms with van der Waals surface area (Å²) >= 11 is 3.43. The number of para-hydroxylation sites is 1. The van der Waals surface area contributed by atoms with Crippen molar-refractivity contribution in [3.63, 3.8) is 0 Å². The molecule has 1 amide bonds. The van der Waals surface area contributed by atoms with Gasteiger partial charge in [0.25, 0.3) is 5.91 Å². The molecular weight excluding hydrogens is 316 g/mol. The van der Waals surface area contributed by atoms with E-state index >= 15 is 0 Å². The maximum absolute atomic E-state index is 11.5. The minimum Gasteiger partial charge on any atom is -0.366 e. The molecule has 0 saturated heterocycles. The third kappa shape index (κ3) is 2.34. The first kappa shape index (κ1) is 12.9. The van der Waals surface area contributed by atoms with E-state index in [1.807, 2.05) is 42.6 Å². The number of halogens is 1. The van der Waals surface area contributed by atoms with Crippen molar-refractivity contribution in [2.75, 3.05) is 0 Å². The quantitative estimate of drug-likeness (QED) is 0.785. The van der Waals surface area contributed by atoms with Gasteiger partial charge in [-0.3, -0.25) is 4.79 Å². The Morgan fingerprint density at radius 1 is 1.10 bits per heavy atom. The van der Waals surface area contributed by atoms with E-state index in [0.29, 0.717) is 12.1 Å². The molecule has 0 aliphatic carbocycles. The van der Waals surface area contributed by atoms with Gasteiger partial charge in [0.2, 0.25) is 0 Å². The van der Waals surface area contributed by atoms with E-state index in [2.05, 4.69) is 32.6 Å². The lowest BCUT2D eigenvalue weighted by Gasteiger charge is -2.05. The van der Waals surface area contributed by atoms with Crippen LogP contribution in [0.3, 0.4) is 0 Å². The van der Waals surface area contributed by atoms with E-state index in [1.165, 1.54) is 5.56 Å². The number of carbonyl (C=O) groups is 1. The van der Waals surface area contributed by atoms with Gasteiger partial charge in [-0.05, 0) is 23.8 Å². The number of carbonyl (C=O) groups excluding carboxylic acids is 1. The predicted octanol–water partition coefficient (Wildman–Crippen LogP) is 3.55. The molecule has 0 atom stereocenters. The highest BCUT2D eigenvalue weighted by molar-refractivity contribution is 9.10. The summed E-state index contributed by atoms with van der Waals surface area (Å²) in [5.74, 6) is -0.393. The van der Waals surface area contributed by atoms with Crippen molar-refractivity contribution in [3.8, 4) is 0 Å². The summed E-state index contributed by atoms with van der Waals surface area (Å²) in [5.41, 5.74) is 8.20. The number of nitrogens with zero attached hydrogens (tertiary/aromatic N) is 1. The minimum atomic E-state index is -0.393. The normalized spacial score (nSPS) is 10.8. The number of fused-ring (bicyclic) bond motifs is 1. The monoisotopic (exact) mass is 328 g/mol. The van der Waals surface area contributed by atoms with Gasteiger partial charge < -0.3 is 10.3 Å². The van der Waals surface area contributed by atoms with Crippen molar-refractivity contribution in [2.45, 2.75) is 6.54 Å². The van der Waals surface area contributed by atoms with E-state index in [0.717, 1.165) is 15.4 Å². The average molecular weight is 329 g/mol. The number of rotatable bonds is 3. The number of primary amides is 1. The smallest absolute Gasteiger partial charge is 0.250 e. The first-order chi connectivity index (χ1) is 9.65. The molecule has 0 radical (unpaired) electrons. The molecule has 2 N–H and O–H groups in total. The average Bonchev–Trinajstić information content (AvgIpc) is 2.81. The summed E-state index contributed by atoms with van der Waals surface area (Å²) in [6.07, 6.45) is 1.83. The van der Waals surface area contributed by atoms with E-state index < -0.39 is 5.91 Å². The fourth-order valence-corrected chi connectivity index (χ4v) is 2.62. The van der Waals surface area contributed by atoms with Crippen molar-refractivity contribution in [1.82, 2.24) is 4.57 Å². The molecular formula is C16H13BrN2O. The van der Waals surface area contributed by atoms with E-state index in [9.17, 15) is 4.79 Å². The van der Waals surface area contributed by atoms with Crippen LogP contribution in [0.15, 0.2) is 59.2 Å². The molecule has 0 saturated carbocycles. The summed E-state index contributed by atoms with van der Waals surface area (Å²) in [7, 11) is 0. The van der Waals surface area contributed by atoms with E-state index in [4.69, 9.17) is 5.73 Å². The Hall–Kier alpha value is -2.07. The number of nitrogens with two attached hydrogens (primary N) is 1. The number of amides is 1. The number of hydrogen-bond acceptors (Lipinski definition) is 1. The number of benzene rings is 2. The maximum atomic E-state index is 11.5. The predicted molar refractivity (Wildman–Crippen MR) is 83.7 cm³/mol. The van der Waals surface area contributed by atoms with Crippen LogP contribution < -0.4 is 5.73 Å². The van der Waals surface area contributed by atoms with E-state index in [-0.39, 0.29) is 0 Å².